The van der Waals surface area contributed by atoms with Crippen LogP contribution in [-0.2, 0) is 0 Å². The summed E-state index contributed by atoms with van der Waals surface area (Å²) in [4.78, 5) is 0. The van der Waals surface area contributed by atoms with Crippen LogP contribution in [0.5, 0.6) is 0 Å². The lowest BCUT2D eigenvalue weighted by Crippen LogP contribution is -2.48. The van der Waals surface area contributed by atoms with Crippen LogP contribution in [0.15, 0.2) is 0 Å². The minimum Gasteiger partial charge on any atom is -0.311 e. The van der Waals surface area contributed by atoms with Gasteiger partial charge in [-0.1, -0.05) is 26.7 Å². The van der Waals surface area contributed by atoms with Crippen molar-refractivity contribution in [2.24, 2.45) is 17.8 Å². The van der Waals surface area contributed by atoms with Crippen LogP contribution in [0.3, 0.4) is 0 Å². The van der Waals surface area contributed by atoms with Gasteiger partial charge in [-0.3, -0.25) is 0 Å². The molecular weight excluding hydrogens is 182 g/mol. The van der Waals surface area contributed by atoms with Crippen molar-refractivity contribution in [3.63, 3.8) is 0 Å². The molecule has 1 nitrogen and oxygen atoms in total. The molecule has 0 saturated heterocycles. The zero-order chi connectivity index (χ0) is 10.8. The maximum Gasteiger partial charge on any atom is 0.00751 e. The van der Waals surface area contributed by atoms with Crippen molar-refractivity contribution in [1.29, 1.82) is 0 Å². The van der Waals surface area contributed by atoms with Gasteiger partial charge in [-0.25, -0.2) is 0 Å². The zero-order valence-electron chi connectivity index (χ0n) is 10.6. The van der Waals surface area contributed by atoms with Gasteiger partial charge >= 0.3 is 0 Å². The minimum atomic E-state index is 0.769. The van der Waals surface area contributed by atoms with Crippen LogP contribution in [0.2, 0.25) is 0 Å². The second-order valence-corrected chi connectivity index (χ2v) is 6.17. The summed E-state index contributed by atoms with van der Waals surface area (Å²) in [6, 6.07) is 1.61. The first-order valence-electron chi connectivity index (χ1n) is 6.93. The number of hydrogen-bond acceptors (Lipinski definition) is 1. The predicted octanol–water partition coefficient (Wildman–Crippen LogP) is 3.59. The lowest BCUT2D eigenvalue weighted by molar-refractivity contribution is 0.148. The van der Waals surface area contributed by atoms with Gasteiger partial charge < -0.3 is 5.32 Å². The highest BCUT2D eigenvalue weighted by atomic mass is 15.0. The molecule has 0 radical (unpaired) electrons. The average Bonchev–Trinajstić information content (AvgIpc) is 2.61. The van der Waals surface area contributed by atoms with Crippen LogP contribution in [0.1, 0.15) is 59.3 Å². The maximum atomic E-state index is 3.84. The highest BCUT2D eigenvalue weighted by Crippen LogP contribution is 2.35. The molecule has 0 spiro atoms. The summed E-state index contributed by atoms with van der Waals surface area (Å²) in [5.74, 6) is 2.87. The van der Waals surface area contributed by atoms with E-state index < -0.39 is 0 Å². The molecule has 1 heteroatoms. The van der Waals surface area contributed by atoms with Gasteiger partial charge in [0.05, 0.1) is 0 Å². The van der Waals surface area contributed by atoms with E-state index in [9.17, 15) is 0 Å². The number of hydrogen-bond donors (Lipinski definition) is 1. The third-order valence-corrected chi connectivity index (χ3v) is 4.72. The Hall–Kier alpha value is -0.0400. The Labute approximate surface area is 95.0 Å². The van der Waals surface area contributed by atoms with Crippen LogP contribution in [0.4, 0.5) is 0 Å². The quantitative estimate of drug-likeness (QED) is 0.746. The maximum absolute atomic E-state index is 3.84. The standard InChI is InChI=1S/C14H27N/c1-10(2)13-8-14(9-13)15-11(3)12-6-4-5-7-12/h10-15H,4-9H2,1-3H3. The predicted molar refractivity (Wildman–Crippen MR) is 65.9 cm³/mol. The van der Waals surface area contributed by atoms with E-state index in [4.69, 9.17) is 0 Å². The van der Waals surface area contributed by atoms with Gasteiger partial charge in [-0.05, 0) is 50.4 Å². The summed E-state index contributed by atoms with van der Waals surface area (Å²) in [6.07, 6.45) is 8.72. The lowest BCUT2D eigenvalue weighted by Gasteiger charge is -2.41. The Bertz CT molecular complexity index is 188. The molecule has 2 rings (SSSR count). The van der Waals surface area contributed by atoms with Crippen molar-refractivity contribution in [3.8, 4) is 0 Å². The molecule has 0 bridgehead atoms. The molecule has 0 aromatic heterocycles. The van der Waals surface area contributed by atoms with E-state index in [1.54, 1.807) is 0 Å². The summed E-state index contributed by atoms with van der Waals surface area (Å²) < 4.78 is 0. The normalized spacial score (nSPS) is 34.4. The van der Waals surface area contributed by atoms with E-state index in [-0.39, 0.29) is 0 Å². The summed E-state index contributed by atoms with van der Waals surface area (Å²) in [5, 5.41) is 3.84. The third-order valence-electron chi connectivity index (χ3n) is 4.72. The molecule has 1 unspecified atom stereocenters. The van der Waals surface area contributed by atoms with Gasteiger partial charge in [-0.2, -0.15) is 0 Å². The minimum absolute atomic E-state index is 0.769. The fraction of sp³-hybridized carbons (Fsp3) is 1.00. The Kier molecular flexibility index (Phi) is 3.71. The van der Waals surface area contributed by atoms with Gasteiger partial charge in [0.2, 0.25) is 0 Å². The zero-order valence-corrected chi connectivity index (χ0v) is 10.6. The molecule has 15 heavy (non-hydrogen) atoms. The molecule has 0 heterocycles. The number of rotatable bonds is 4. The Morgan fingerprint density at radius 2 is 1.53 bits per heavy atom. The summed E-state index contributed by atoms with van der Waals surface area (Å²) in [5.41, 5.74) is 0. The van der Waals surface area contributed by atoms with Crippen LogP contribution in [-0.4, -0.2) is 12.1 Å². The molecule has 0 aromatic carbocycles. The van der Waals surface area contributed by atoms with Gasteiger partial charge in [0.1, 0.15) is 0 Å². The van der Waals surface area contributed by atoms with E-state index in [0.29, 0.717) is 0 Å². The molecule has 0 aliphatic heterocycles. The molecule has 2 fully saturated rings. The van der Waals surface area contributed by atoms with Crippen molar-refractivity contribution < 1.29 is 0 Å². The lowest BCUT2D eigenvalue weighted by atomic mass is 9.73. The molecular formula is C14H27N. The first-order valence-corrected chi connectivity index (χ1v) is 6.93. The average molecular weight is 209 g/mol. The van der Waals surface area contributed by atoms with E-state index in [2.05, 4.69) is 26.1 Å². The molecule has 88 valence electrons. The van der Waals surface area contributed by atoms with Crippen LogP contribution < -0.4 is 5.32 Å². The fourth-order valence-electron chi connectivity index (χ4n) is 3.31. The molecule has 0 amide bonds. The van der Waals surface area contributed by atoms with Crippen LogP contribution in [0.25, 0.3) is 0 Å². The highest BCUT2D eigenvalue weighted by molar-refractivity contribution is 4.89. The van der Waals surface area contributed by atoms with E-state index >= 15 is 0 Å². The SMILES string of the molecule is CC(C)C1CC(NC(C)C2CCCC2)C1. The van der Waals surface area contributed by atoms with Crippen molar-refractivity contribution in [1.82, 2.24) is 5.32 Å². The first-order chi connectivity index (χ1) is 7.16. The van der Waals surface area contributed by atoms with Gasteiger partial charge in [0.15, 0.2) is 0 Å². The van der Waals surface area contributed by atoms with Crippen LogP contribution in [0, 0.1) is 17.8 Å². The molecule has 2 aliphatic rings. The third kappa shape index (κ3) is 2.75. The topological polar surface area (TPSA) is 12.0 Å². The number of nitrogens with one attached hydrogen (secondary N) is 1. The summed E-state index contributed by atoms with van der Waals surface area (Å²) >= 11 is 0. The van der Waals surface area contributed by atoms with Crippen LogP contribution >= 0.6 is 0 Å². The van der Waals surface area contributed by atoms with E-state index in [1.165, 1.54) is 38.5 Å². The fourth-order valence-corrected chi connectivity index (χ4v) is 3.31. The van der Waals surface area contributed by atoms with E-state index in [1.807, 2.05) is 0 Å². The largest absolute Gasteiger partial charge is 0.311 e. The Morgan fingerprint density at radius 3 is 2.07 bits per heavy atom. The Balaban J connectivity index is 1.66. The molecule has 2 saturated carbocycles. The molecule has 0 aromatic rings. The monoisotopic (exact) mass is 209 g/mol. The van der Waals surface area contributed by atoms with Gasteiger partial charge in [0.25, 0.3) is 0 Å². The van der Waals surface area contributed by atoms with E-state index in [0.717, 1.165) is 29.8 Å². The van der Waals surface area contributed by atoms with Crippen molar-refractivity contribution in [3.05, 3.63) is 0 Å². The second kappa shape index (κ2) is 4.86. The van der Waals surface area contributed by atoms with Crippen molar-refractivity contribution >= 4 is 0 Å². The Morgan fingerprint density at radius 1 is 0.933 bits per heavy atom. The van der Waals surface area contributed by atoms with Crippen molar-refractivity contribution in [2.75, 3.05) is 0 Å². The highest BCUT2D eigenvalue weighted by Gasteiger charge is 2.33. The van der Waals surface area contributed by atoms with Crippen molar-refractivity contribution in [2.45, 2.75) is 71.4 Å². The first kappa shape index (κ1) is 11.4. The van der Waals surface area contributed by atoms with Gasteiger partial charge in [-0.15, -0.1) is 0 Å². The summed E-state index contributed by atoms with van der Waals surface area (Å²) in [6.45, 7) is 7.13. The molecule has 1 N–H and O–H groups in total. The summed E-state index contributed by atoms with van der Waals surface area (Å²) in [7, 11) is 0. The smallest absolute Gasteiger partial charge is 0.00751 e. The second-order valence-electron chi connectivity index (χ2n) is 6.17. The molecule has 2 aliphatic carbocycles. The van der Waals surface area contributed by atoms with Gasteiger partial charge in [0, 0.05) is 12.1 Å². The molecule has 1 atom stereocenters.